The van der Waals surface area contributed by atoms with Gasteiger partial charge in [0.25, 0.3) is 5.92 Å². The quantitative estimate of drug-likeness (QED) is 0.276. The van der Waals surface area contributed by atoms with E-state index in [-0.39, 0.29) is 28.5 Å². The number of H-pyrrole nitrogens is 1. The number of carbonyl (C=O) groups is 2. The van der Waals surface area contributed by atoms with Gasteiger partial charge in [0.15, 0.2) is 5.82 Å². The Morgan fingerprint density at radius 1 is 1.10 bits per heavy atom. The Labute approximate surface area is 229 Å². The summed E-state index contributed by atoms with van der Waals surface area (Å²) < 4.78 is 43.7. The molecule has 12 nitrogen and oxygen atoms in total. The van der Waals surface area contributed by atoms with Gasteiger partial charge >= 0.3 is 11.8 Å². The number of benzene rings is 1. The summed E-state index contributed by atoms with van der Waals surface area (Å²) in [5, 5.41) is 12.6. The van der Waals surface area contributed by atoms with E-state index in [1.165, 1.54) is 12.1 Å². The molecule has 4 aromatic rings. The van der Waals surface area contributed by atoms with Crippen LogP contribution in [0.1, 0.15) is 41.7 Å². The molecule has 1 fully saturated rings. The maximum Gasteiger partial charge on any atom is 0.438 e. The first kappa shape index (κ1) is 27.0. The summed E-state index contributed by atoms with van der Waals surface area (Å²) in [6, 6.07) is 9.87. The number of halogens is 3. The third kappa shape index (κ3) is 5.04. The van der Waals surface area contributed by atoms with Crippen LogP contribution in [0.15, 0.2) is 50.2 Å². The van der Waals surface area contributed by atoms with Crippen molar-refractivity contribution in [1.82, 2.24) is 20.3 Å². The number of hydrogen-bond donors (Lipinski definition) is 3. The molecule has 40 heavy (non-hydrogen) atoms. The molecular weight excluding hydrogens is 554 g/mol. The minimum Gasteiger partial charge on any atom is -0.441 e. The number of pyridine rings is 1. The molecule has 1 saturated carbocycles. The second-order valence-electron chi connectivity index (χ2n) is 9.10. The summed E-state index contributed by atoms with van der Waals surface area (Å²) in [5.74, 6) is -9.04. The summed E-state index contributed by atoms with van der Waals surface area (Å²) in [5.41, 5.74) is 1.88. The smallest absolute Gasteiger partial charge is 0.438 e. The molecule has 2 amide bonds. The van der Waals surface area contributed by atoms with E-state index < -0.39 is 47.4 Å². The van der Waals surface area contributed by atoms with Gasteiger partial charge in [-0.2, -0.15) is 0 Å². The van der Waals surface area contributed by atoms with Gasteiger partial charge in [0.1, 0.15) is 35.0 Å². The molecule has 208 valence electrons. The van der Waals surface area contributed by atoms with Crippen molar-refractivity contribution in [3.63, 3.8) is 0 Å². The Morgan fingerprint density at radius 2 is 1.85 bits per heavy atom. The van der Waals surface area contributed by atoms with E-state index in [9.17, 15) is 23.2 Å². The van der Waals surface area contributed by atoms with Crippen LogP contribution in [0.5, 0.6) is 0 Å². The van der Waals surface area contributed by atoms with Gasteiger partial charge in [0.05, 0.1) is 11.4 Å². The average Bonchev–Trinajstić information content (AvgIpc) is 3.14. The largest absolute Gasteiger partial charge is 0.441 e. The fraction of sp³-hybridized carbons (Fsp3) is 0.280. The molecule has 0 aliphatic heterocycles. The van der Waals surface area contributed by atoms with Crippen LogP contribution in [0.4, 0.5) is 25.0 Å². The number of aromatic amines is 1. The summed E-state index contributed by atoms with van der Waals surface area (Å²) in [4.78, 5) is 42.8. The van der Waals surface area contributed by atoms with Crippen LogP contribution < -0.4 is 16.4 Å². The number of amides is 2. The van der Waals surface area contributed by atoms with Crippen LogP contribution in [0.2, 0.25) is 5.02 Å². The van der Waals surface area contributed by atoms with Gasteiger partial charge in [-0.25, -0.2) is 23.4 Å². The van der Waals surface area contributed by atoms with E-state index in [1.54, 1.807) is 45.0 Å². The Kier molecular flexibility index (Phi) is 6.87. The number of nitrogens with zero attached hydrogens (tertiary/aromatic N) is 3. The molecule has 15 heteroatoms. The first-order chi connectivity index (χ1) is 19.0. The first-order valence-electron chi connectivity index (χ1n) is 11.9. The minimum absolute atomic E-state index is 0.115. The molecule has 5 rings (SSSR count). The summed E-state index contributed by atoms with van der Waals surface area (Å²) >= 11 is 6.18. The molecule has 0 spiro atoms. The lowest BCUT2D eigenvalue weighted by Crippen LogP contribution is -2.18. The zero-order valence-corrected chi connectivity index (χ0v) is 21.9. The molecule has 1 aromatic carbocycles. The number of hydrogen-bond acceptors (Lipinski definition) is 9. The van der Waals surface area contributed by atoms with E-state index in [0.717, 1.165) is 0 Å². The van der Waals surface area contributed by atoms with Crippen LogP contribution in [0, 0.1) is 19.8 Å². The monoisotopic (exact) mass is 574 g/mol. The molecule has 1 aliphatic rings. The number of ether oxygens (including phenoxy) is 1. The van der Waals surface area contributed by atoms with Gasteiger partial charge in [0.2, 0.25) is 11.7 Å². The lowest BCUT2D eigenvalue weighted by Gasteiger charge is -2.15. The highest BCUT2D eigenvalue weighted by molar-refractivity contribution is 6.31. The molecule has 1 aliphatic carbocycles. The SMILES string of the molecule is Cc1nc(-c2onc(C)c2NC(=O)O[C@H](C)c2ccccc2Cl)ccc1NC(=O)C1C(c2noc(=O)[nH]2)C1(F)F. The van der Waals surface area contributed by atoms with Crippen molar-refractivity contribution >= 4 is 35.0 Å². The summed E-state index contributed by atoms with van der Waals surface area (Å²) in [6.07, 6.45) is -1.43. The molecule has 2 unspecified atom stereocenters. The van der Waals surface area contributed by atoms with E-state index in [1.807, 2.05) is 0 Å². The van der Waals surface area contributed by atoms with Crippen LogP contribution in [0.3, 0.4) is 0 Å². The molecule has 3 heterocycles. The maximum atomic E-state index is 14.3. The minimum atomic E-state index is -3.42. The normalized spacial score (nSPS) is 18.1. The van der Waals surface area contributed by atoms with Crippen LogP contribution >= 0.6 is 11.6 Å². The van der Waals surface area contributed by atoms with Crippen molar-refractivity contribution in [2.24, 2.45) is 5.92 Å². The van der Waals surface area contributed by atoms with Crippen LogP contribution in [-0.4, -0.2) is 38.2 Å². The number of alkyl halides is 2. The molecular formula is C25H21ClF2N6O6. The Balaban J connectivity index is 1.29. The van der Waals surface area contributed by atoms with Gasteiger partial charge in [-0.05, 0) is 39.0 Å². The van der Waals surface area contributed by atoms with Crippen LogP contribution in [-0.2, 0) is 9.53 Å². The second kappa shape index (κ2) is 10.2. The number of nitrogens with one attached hydrogen (secondary N) is 3. The van der Waals surface area contributed by atoms with Crippen LogP contribution in [0.25, 0.3) is 11.5 Å². The second-order valence-corrected chi connectivity index (χ2v) is 9.50. The molecule has 0 saturated heterocycles. The highest BCUT2D eigenvalue weighted by atomic mass is 35.5. The predicted molar refractivity (Wildman–Crippen MR) is 136 cm³/mol. The Bertz CT molecular complexity index is 1670. The van der Waals surface area contributed by atoms with Crippen molar-refractivity contribution in [3.05, 3.63) is 74.7 Å². The van der Waals surface area contributed by atoms with E-state index in [4.69, 9.17) is 20.9 Å². The van der Waals surface area contributed by atoms with Gasteiger partial charge in [-0.1, -0.05) is 40.1 Å². The van der Waals surface area contributed by atoms with E-state index in [0.29, 0.717) is 16.3 Å². The van der Waals surface area contributed by atoms with Crippen molar-refractivity contribution in [2.75, 3.05) is 10.6 Å². The number of aryl methyl sites for hydroxylation is 2. The first-order valence-corrected chi connectivity index (χ1v) is 12.3. The zero-order chi connectivity index (χ0) is 28.8. The third-order valence-corrected chi connectivity index (χ3v) is 6.72. The molecule has 3 N–H and O–H groups in total. The van der Waals surface area contributed by atoms with Crippen molar-refractivity contribution in [3.8, 4) is 11.5 Å². The third-order valence-electron chi connectivity index (χ3n) is 6.38. The number of aromatic nitrogens is 4. The topological polar surface area (TPSA) is 165 Å². The van der Waals surface area contributed by atoms with Gasteiger partial charge in [-0.3, -0.25) is 19.6 Å². The van der Waals surface area contributed by atoms with E-state index >= 15 is 0 Å². The van der Waals surface area contributed by atoms with Gasteiger partial charge < -0.3 is 14.6 Å². The molecule has 0 radical (unpaired) electrons. The number of carbonyl (C=O) groups excluding carboxylic acids is 2. The summed E-state index contributed by atoms with van der Waals surface area (Å²) in [6.45, 7) is 4.83. The highest BCUT2D eigenvalue weighted by Crippen LogP contribution is 2.61. The van der Waals surface area contributed by atoms with Crippen molar-refractivity contribution < 1.29 is 32.2 Å². The fourth-order valence-corrected chi connectivity index (χ4v) is 4.54. The van der Waals surface area contributed by atoms with E-state index in [2.05, 4.69) is 35.4 Å². The Morgan fingerprint density at radius 3 is 2.52 bits per heavy atom. The number of anilines is 2. The Hall–Kier alpha value is -4.59. The summed E-state index contributed by atoms with van der Waals surface area (Å²) in [7, 11) is 0. The molecule has 0 bridgehead atoms. The lowest BCUT2D eigenvalue weighted by atomic mass is 10.1. The predicted octanol–water partition coefficient (Wildman–Crippen LogP) is 4.98. The maximum absolute atomic E-state index is 14.3. The van der Waals surface area contributed by atoms with Crippen molar-refractivity contribution in [2.45, 2.75) is 38.7 Å². The lowest BCUT2D eigenvalue weighted by molar-refractivity contribution is -0.119. The van der Waals surface area contributed by atoms with Gasteiger partial charge in [-0.15, -0.1) is 0 Å². The average molecular weight is 575 g/mol. The standard InChI is InChI=1S/C25H21ClF2N6O6/c1-10-15(30-22(35)18-17(25(18,27)28)21-32-24(37)40-34-21)8-9-16(29-10)20-19(11(2)33-39-20)31-23(36)38-12(3)13-6-4-5-7-14(13)26/h4-9,12,17-18H,1-3H3,(H,30,35)(H,31,36)(H,32,34,37)/t12-,17?,18?/m1/s1. The number of rotatable bonds is 7. The molecule has 3 aromatic heterocycles. The van der Waals surface area contributed by atoms with Gasteiger partial charge in [0, 0.05) is 10.6 Å². The molecule has 3 atom stereocenters. The van der Waals surface area contributed by atoms with Crippen molar-refractivity contribution in [1.29, 1.82) is 0 Å². The fourth-order valence-electron chi connectivity index (χ4n) is 4.25. The highest BCUT2D eigenvalue weighted by Gasteiger charge is 2.74. The zero-order valence-electron chi connectivity index (χ0n) is 21.1.